The number of nitrogens with zero attached hydrogens (tertiary/aromatic N) is 2. The molecule has 0 aliphatic carbocycles. The molecule has 128 valence electrons. The second-order valence-electron chi connectivity index (χ2n) is 6.66. The van der Waals surface area contributed by atoms with E-state index < -0.39 is 0 Å². The number of piperidine rings is 1. The van der Waals surface area contributed by atoms with Crippen LogP contribution in [0.25, 0.3) is 10.9 Å². The number of benzene rings is 1. The zero-order chi connectivity index (χ0) is 16.7. The summed E-state index contributed by atoms with van der Waals surface area (Å²) >= 11 is 5.40. The molecule has 0 spiro atoms. The van der Waals surface area contributed by atoms with Gasteiger partial charge in [-0.1, -0.05) is 6.92 Å². The van der Waals surface area contributed by atoms with E-state index in [2.05, 4.69) is 16.8 Å². The van der Waals surface area contributed by atoms with Crippen molar-refractivity contribution < 1.29 is 9.47 Å². The number of nitrogens with one attached hydrogen (secondary N) is 1. The Bertz CT molecular complexity index is 881. The molecule has 1 fully saturated rings. The molecule has 24 heavy (non-hydrogen) atoms. The van der Waals surface area contributed by atoms with E-state index in [1.54, 1.807) is 16.7 Å². The van der Waals surface area contributed by atoms with Crippen LogP contribution < -0.4 is 15.0 Å². The van der Waals surface area contributed by atoms with Gasteiger partial charge >= 0.3 is 0 Å². The fourth-order valence-electron chi connectivity index (χ4n) is 3.37. The lowest BCUT2D eigenvalue weighted by molar-refractivity contribution is 0.174. The molecular weight excluding hydrogens is 326 g/mol. The molecule has 0 unspecified atom stereocenters. The molecule has 0 amide bonds. The number of likely N-dealkylation sites (tertiary alicyclic amines) is 1. The SMILES string of the molecule is CC1CCN(CCn2c(=S)[nH]c3cc4c(cc3c2=O)OCO4)CC1. The van der Waals surface area contributed by atoms with E-state index in [4.69, 9.17) is 21.7 Å². The highest BCUT2D eigenvalue weighted by molar-refractivity contribution is 7.71. The molecule has 0 bridgehead atoms. The number of rotatable bonds is 3. The Morgan fingerprint density at radius 3 is 2.67 bits per heavy atom. The van der Waals surface area contributed by atoms with Crippen LogP contribution in [0, 0.1) is 10.7 Å². The van der Waals surface area contributed by atoms with Crippen molar-refractivity contribution in [2.75, 3.05) is 26.4 Å². The fraction of sp³-hybridized carbons (Fsp3) is 0.529. The van der Waals surface area contributed by atoms with Crippen molar-refractivity contribution in [3.63, 3.8) is 0 Å². The molecule has 2 aliphatic rings. The Balaban J connectivity index is 1.62. The summed E-state index contributed by atoms with van der Waals surface area (Å²) in [6, 6.07) is 3.52. The monoisotopic (exact) mass is 347 g/mol. The smallest absolute Gasteiger partial charge is 0.262 e. The maximum Gasteiger partial charge on any atom is 0.262 e. The van der Waals surface area contributed by atoms with Crippen molar-refractivity contribution in [3.05, 3.63) is 27.3 Å². The van der Waals surface area contributed by atoms with Crippen LogP contribution in [0.5, 0.6) is 11.5 Å². The van der Waals surface area contributed by atoms with Gasteiger partial charge < -0.3 is 19.4 Å². The lowest BCUT2D eigenvalue weighted by Crippen LogP contribution is -2.37. The highest BCUT2D eigenvalue weighted by Gasteiger charge is 2.18. The van der Waals surface area contributed by atoms with Crippen LogP contribution in [0.2, 0.25) is 0 Å². The maximum atomic E-state index is 12.8. The Kier molecular flexibility index (Phi) is 4.05. The first-order chi connectivity index (χ1) is 11.6. The van der Waals surface area contributed by atoms with E-state index in [-0.39, 0.29) is 12.4 Å². The van der Waals surface area contributed by atoms with Gasteiger partial charge in [-0.05, 0) is 50.1 Å². The first-order valence-electron chi connectivity index (χ1n) is 8.40. The maximum absolute atomic E-state index is 12.8. The molecule has 1 aromatic carbocycles. The summed E-state index contributed by atoms with van der Waals surface area (Å²) in [5.41, 5.74) is 0.620. The predicted octanol–water partition coefficient (Wildman–Crippen LogP) is 2.52. The van der Waals surface area contributed by atoms with E-state index in [0.29, 0.717) is 33.7 Å². The molecule has 0 saturated carbocycles. The minimum Gasteiger partial charge on any atom is -0.454 e. The molecule has 4 rings (SSSR count). The van der Waals surface area contributed by atoms with Crippen molar-refractivity contribution in [2.45, 2.75) is 26.3 Å². The Hall–Kier alpha value is -1.86. The van der Waals surface area contributed by atoms with Crippen LogP contribution in [-0.4, -0.2) is 40.9 Å². The van der Waals surface area contributed by atoms with Crippen molar-refractivity contribution in [1.82, 2.24) is 14.5 Å². The summed E-state index contributed by atoms with van der Waals surface area (Å²) in [5.74, 6) is 2.06. The normalized spacial score (nSPS) is 18.4. The summed E-state index contributed by atoms with van der Waals surface area (Å²) in [6.07, 6.45) is 2.45. The van der Waals surface area contributed by atoms with Crippen molar-refractivity contribution in [2.24, 2.45) is 5.92 Å². The Labute approximate surface area is 145 Å². The second kappa shape index (κ2) is 6.22. The summed E-state index contributed by atoms with van der Waals surface area (Å²) < 4.78 is 12.8. The molecule has 7 heteroatoms. The second-order valence-corrected chi connectivity index (χ2v) is 7.05. The highest BCUT2D eigenvalue weighted by atomic mass is 32.1. The van der Waals surface area contributed by atoms with Gasteiger partial charge in [0.2, 0.25) is 6.79 Å². The number of H-pyrrole nitrogens is 1. The zero-order valence-electron chi connectivity index (χ0n) is 13.7. The lowest BCUT2D eigenvalue weighted by atomic mass is 9.99. The summed E-state index contributed by atoms with van der Waals surface area (Å²) in [5, 5.41) is 0.583. The number of aromatic nitrogens is 2. The number of aromatic amines is 1. The zero-order valence-corrected chi connectivity index (χ0v) is 14.5. The van der Waals surface area contributed by atoms with Crippen LogP contribution in [0.4, 0.5) is 0 Å². The quantitative estimate of drug-likeness (QED) is 0.865. The van der Waals surface area contributed by atoms with Gasteiger partial charge in [0.15, 0.2) is 16.3 Å². The first-order valence-corrected chi connectivity index (χ1v) is 8.81. The molecule has 1 saturated heterocycles. The van der Waals surface area contributed by atoms with Crippen LogP contribution >= 0.6 is 12.2 Å². The predicted molar refractivity (Wildman–Crippen MR) is 94.4 cm³/mol. The molecule has 0 radical (unpaired) electrons. The summed E-state index contributed by atoms with van der Waals surface area (Å²) in [7, 11) is 0. The Morgan fingerprint density at radius 1 is 1.21 bits per heavy atom. The molecule has 1 N–H and O–H groups in total. The van der Waals surface area contributed by atoms with Gasteiger partial charge in [-0.15, -0.1) is 0 Å². The third-order valence-electron chi connectivity index (χ3n) is 4.99. The van der Waals surface area contributed by atoms with Gasteiger partial charge in [0, 0.05) is 19.2 Å². The van der Waals surface area contributed by atoms with Gasteiger partial charge in [-0.2, -0.15) is 0 Å². The lowest BCUT2D eigenvalue weighted by Gasteiger charge is -2.30. The average Bonchev–Trinajstić information content (AvgIpc) is 3.02. The molecule has 0 atom stereocenters. The minimum atomic E-state index is -0.0718. The molecule has 2 aliphatic heterocycles. The van der Waals surface area contributed by atoms with Crippen LogP contribution in [0.1, 0.15) is 19.8 Å². The van der Waals surface area contributed by atoms with Gasteiger partial charge in [0.05, 0.1) is 10.9 Å². The number of hydrogen-bond donors (Lipinski definition) is 1. The minimum absolute atomic E-state index is 0.0718. The average molecular weight is 347 g/mol. The third kappa shape index (κ3) is 2.82. The summed E-state index contributed by atoms with van der Waals surface area (Å²) in [6.45, 7) is 6.13. The van der Waals surface area contributed by atoms with E-state index in [9.17, 15) is 4.79 Å². The number of ether oxygens (including phenoxy) is 2. The van der Waals surface area contributed by atoms with Crippen molar-refractivity contribution in [1.29, 1.82) is 0 Å². The van der Waals surface area contributed by atoms with Crippen LogP contribution in [0.15, 0.2) is 16.9 Å². The molecule has 6 nitrogen and oxygen atoms in total. The molecule has 1 aromatic heterocycles. The van der Waals surface area contributed by atoms with Crippen LogP contribution in [0.3, 0.4) is 0 Å². The molecule has 2 aromatic rings. The topological polar surface area (TPSA) is 59.5 Å². The van der Waals surface area contributed by atoms with Gasteiger partial charge in [-0.3, -0.25) is 9.36 Å². The highest BCUT2D eigenvalue weighted by Crippen LogP contribution is 2.34. The fourth-order valence-corrected chi connectivity index (χ4v) is 3.66. The van der Waals surface area contributed by atoms with E-state index in [1.165, 1.54) is 12.8 Å². The standard InChI is InChI=1S/C17H21N3O3S/c1-11-2-4-19(5-3-11)6-7-20-16(21)12-8-14-15(23-10-22-14)9-13(12)18-17(20)24/h8-9,11H,2-7,10H2,1H3,(H,18,24). The summed E-state index contributed by atoms with van der Waals surface area (Å²) in [4.78, 5) is 18.4. The first kappa shape index (κ1) is 15.7. The number of hydrogen-bond acceptors (Lipinski definition) is 5. The van der Waals surface area contributed by atoms with E-state index >= 15 is 0 Å². The molecule has 3 heterocycles. The van der Waals surface area contributed by atoms with Crippen molar-refractivity contribution >= 4 is 23.1 Å². The number of fused-ring (bicyclic) bond motifs is 2. The van der Waals surface area contributed by atoms with E-state index in [0.717, 1.165) is 25.6 Å². The van der Waals surface area contributed by atoms with Crippen molar-refractivity contribution in [3.8, 4) is 11.5 Å². The van der Waals surface area contributed by atoms with Gasteiger partial charge in [0.25, 0.3) is 5.56 Å². The largest absolute Gasteiger partial charge is 0.454 e. The van der Waals surface area contributed by atoms with Gasteiger partial charge in [-0.25, -0.2) is 0 Å². The third-order valence-corrected chi connectivity index (χ3v) is 5.31. The molecular formula is C17H21N3O3S. The van der Waals surface area contributed by atoms with Crippen LogP contribution in [-0.2, 0) is 6.54 Å². The van der Waals surface area contributed by atoms with Gasteiger partial charge in [0.1, 0.15) is 0 Å². The Morgan fingerprint density at radius 2 is 1.92 bits per heavy atom. The van der Waals surface area contributed by atoms with E-state index in [1.807, 2.05) is 0 Å².